The lowest BCUT2D eigenvalue weighted by atomic mass is 10.3. The summed E-state index contributed by atoms with van der Waals surface area (Å²) in [7, 11) is -0.450. The number of halogens is 4. The molecule has 3 aromatic carbocycles. The largest absolute Gasteiger partial charge is 0.288 e. The van der Waals surface area contributed by atoms with Crippen molar-refractivity contribution < 1.29 is 17.6 Å². The fraction of sp³-hybridized carbons (Fsp3) is 0.100. The minimum Gasteiger partial charge on any atom is -0.198 e. The Balaban J connectivity index is 1.94. The minimum atomic E-state index is -2.46. The van der Waals surface area contributed by atoms with E-state index in [9.17, 15) is 17.6 Å². The molecule has 0 heterocycles. The molecule has 0 spiro atoms. The molecular weight excluding hydrogens is 412 g/mol. The van der Waals surface area contributed by atoms with Gasteiger partial charge in [0, 0.05) is 9.79 Å². The number of alkyl halides is 4. The van der Waals surface area contributed by atoms with Crippen molar-refractivity contribution in [3.8, 4) is 0 Å². The second kappa shape index (κ2) is 9.57. The van der Waals surface area contributed by atoms with Gasteiger partial charge >= 0.3 is 0 Å². The molecule has 0 aliphatic heterocycles. The van der Waals surface area contributed by atoms with Gasteiger partial charge in [-0.1, -0.05) is 41.7 Å². The fourth-order valence-electron chi connectivity index (χ4n) is 2.48. The van der Waals surface area contributed by atoms with Gasteiger partial charge in [-0.3, -0.25) is 0 Å². The highest BCUT2D eigenvalue weighted by atomic mass is 32.2. The van der Waals surface area contributed by atoms with Crippen LogP contribution in [0.5, 0.6) is 0 Å². The first-order chi connectivity index (χ1) is 13.0. The highest BCUT2D eigenvalue weighted by Crippen LogP contribution is 2.34. The van der Waals surface area contributed by atoms with Crippen molar-refractivity contribution in [1.29, 1.82) is 0 Å². The maximum Gasteiger partial charge on any atom is 0.288 e. The van der Waals surface area contributed by atoms with Gasteiger partial charge in [-0.15, -0.1) is 0 Å². The zero-order valence-electron chi connectivity index (χ0n) is 13.9. The van der Waals surface area contributed by atoms with Gasteiger partial charge in [0.25, 0.3) is 11.5 Å². The first kappa shape index (κ1) is 20.2. The van der Waals surface area contributed by atoms with Gasteiger partial charge in [-0.2, -0.15) is 17.6 Å². The summed E-state index contributed by atoms with van der Waals surface area (Å²) in [5, 5.41) is 0. The van der Waals surface area contributed by atoms with Crippen molar-refractivity contribution in [3.05, 3.63) is 78.9 Å². The van der Waals surface area contributed by atoms with Crippen molar-refractivity contribution in [2.24, 2.45) is 0 Å². The Morgan fingerprint density at radius 1 is 0.519 bits per heavy atom. The maximum absolute atomic E-state index is 12.5. The number of hydrogen-bond donors (Lipinski definition) is 0. The normalized spacial score (nSPS) is 11.5. The summed E-state index contributed by atoms with van der Waals surface area (Å²) < 4.78 is 50.2. The Labute approximate surface area is 166 Å². The number of benzene rings is 3. The van der Waals surface area contributed by atoms with E-state index in [-0.39, 0.29) is 0 Å². The van der Waals surface area contributed by atoms with Crippen LogP contribution in [0.1, 0.15) is 0 Å². The Morgan fingerprint density at radius 3 is 1.26 bits per heavy atom. The van der Waals surface area contributed by atoms with Crippen molar-refractivity contribution in [2.75, 3.05) is 0 Å². The van der Waals surface area contributed by atoms with E-state index in [4.69, 9.17) is 0 Å². The molecule has 3 aromatic rings. The molecule has 3 rings (SSSR count). The van der Waals surface area contributed by atoms with Crippen LogP contribution < -0.4 is 0 Å². The summed E-state index contributed by atoms with van der Waals surface area (Å²) in [5.74, 6) is -4.91. The lowest BCUT2D eigenvalue weighted by Gasteiger charge is -2.09. The summed E-state index contributed by atoms with van der Waals surface area (Å²) in [6.45, 7) is 0. The molecule has 140 valence electrons. The molecule has 0 unspecified atom stereocenters. The number of rotatable bonds is 7. The Hall–Kier alpha value is -1.57. The van der Waals surface area contributed by atoms with Gasteiger partial charge in [0.05, 0.1) is 10.9 Å². The van der Waals surface area contributed by atoms with E-state index in [1.54, 1.807) is 24.3 Å². The van der Waals surface area contributed by atoms with E-state index >= 15 is 0 Å². The molecule has 0 aromatic heterocycles. The van der Waals surface area contributed by atoms with Gasteiger partial charge in [0.2, 0.25) is 0 Å². The third kappa shape index (κ3) is 5.70. The molecule has 0 aliphatic rings. The average molecular weight is 428 g/mol. The first-order valence-corrected chi connectivity index (χ1v) is 10.9. The van der Waals surface area contributed by atoms with Crippen LogP contribution in [0, 0.1) is 0 Å². The van der Waals surface area contributed by atoms with E-state index in [2.05, 4.69) is 0 Å². The maximum atomic E-state index is 12.5. The zero-order valence-corrected chi connectivity index (χ0v) is 16.3. The molecule has 27 heavy (non-hydrogen) atoms. The summed E-state index contributed by atoms with van der Waals surface area (Å²) in [5.41, 5.74) is 0. The molecule has 0 saturated heterocycles. The molecule has 0 atom stereocenters. The van der Waals surface area contributed by atoms with Crippen LogP contribution in [0.15, 0.2) is 103 Å². The molecule has 0 fully saturated rings. The van der Waals surface area contributed by atoms with E-state index in [1.807, 2.05) is 54.6 Å². The van der Waals surface area contributed by atoms with Crippen molar-refractivity contribution in [1.82, 2.24) is 0 Å². The van der Waals surface area contributed by atoms with Crippen molar-refractivity contribution in [3.63, 3.8) is 0 Å². The predicted molar refractivity (Wildman–Crippen MR) is 105 cm³/mol. The Bertz CT molecular complexity index is 784. The molecule has 7 heteroatoms. The van der Waals surface area contributed by atoms with Crippen LogP contribution >= 0.6 is 23.5 Å². The molecule has 0 saturated carbocycles. The van der Waals surface area contributed by atoms with Crippen LogP contribution in [-0.4, -0.2) is 11.5 Å². The summed E-state index contributed by atoms with van der Waals surface area (Å²) >= 11 is 1.03. The number of hydrogen-bond acceptors (Lipinski definition) is 2. The van der Waals surface area contributed by atoms with Crippen LogP contribution in [0.2, 0.25) is 0 Å². The number of thioether (sulfide) groups is 2. The highest BCUT2D eigenvalue weighted by molar-refractivity contribution is 8.00. The van der Waals surface area contributed by atoms with Crippen LogP contribution in [-0.2, 0) is 10.9 Å². The van der Waals surface area contributed by atoms with Gasteiger partial charge in [0.15, 0.2) is 14.7 Å². The third-order valence-electron chi connectivity index (χ3n) is 3.55. The molecule has 0 amide bonds. The molecule has 0 bridgehead atoms. The van der Waals surface area contributed by atoms with Gasteiger partial charge in [-0.25, -0.2) is 0 Å². The van der Waals surface area contributed by atoms with Gasteiger partial charge in [0.1, 0.15) is 0 Å². The van der Waals surface area contributed by atoms with Crippen molar-refractivity contribution in [2.45, 2.75) is 36.0 Å². The third-order valence-corrected chi connectivity index (χ3v) is 7.22. The topological polar surface area (TPSA) is 0 Å². The molecule has 0 N–H and O–H groups in total. The lowest BCUT2D eigenvalue weighted by molar-refractivity contribution is 0.251. The smallest absolute Gasteiger partial charge is 0.198 e. The van der Waals surface area contributed by atoms with E-state index in [0.29, 0.717) is 33.3 Å². The highest BCUT2D eigenvalue weighted by Gasteiger charge is 2.28. The van der Waals surface area contributed by atoms with Crippen molar-refractivity contribution >= 4 is 34.4 Å². The zero-order chi connectivity index (χ0) is 19.2. The molecular formula is C20H15F4S3+. The Morgan fingerprint density at radius 2 is 0.889 bits per heavy atom. The Kier molecular flexibility index (Phi) is 7.15. The minimum absolute atomic E-state index is 0.450. The monoisotopic (exact) mass is 427 g/mol. The summed E-state index contributed by atoms with van der Waals surface area (Å²) in [4.78, 5) is 4.05. The average Bonchev–Trinajstić information content (AvgIpc) is 2.65. The van der Waals surface area contributed by atoms with Crippen LogP contribution in [0.25, 0.3) is 0 Å². The first-order valence-electron chi connectivity index (χ1n) is 7.92. The molecule has 0 aliphatic carbocycles. The van der Waals surface area contributed by atoms with Gasteiger partial charge < -0.3 is 0 Å². The summed E-state index contributed by atoms with van der Waals surface area (Å²) in [6, 6.07) is 24.0. The van der Waals surface area contributed by atoms with Crippen LogP contribution in [0.3, 0.4) is 0 Å². The predicted octanol–water partition coefficient (Wildman–Crippen LogP) is 7.41. The lowest BCUT2D eigenvalue weighted by Crippen LogP contribution is -2.04. The quantitative estimate of drug-likeness (QED) is 0.219. The van der Waals surface area contributed by atoms with E-state index in [1.165, 1.54) is 0 Å². The van der Waals surface area contributed by atoms with Gasteiger partial charge in [-0.05, 0) is 60.7 Å². The second-order valence-corrected chi connectivity index (χ2v) is 9.47. The summed E-state index contributed by atoms with van der Waals surface area (Å²) in [6.07, 6.45) is 0. The second-order valence-electron chi connectivity index (χ2n) is 5.32. The molecule has 0 radical (unpaired) electrons. The van der Waals surface area contributed by atoms with E-state index < -0.39 is 22.4 Å². The SMILES string of the molecule is FC(F)Sc1ccc([S+](c2ccccc2)c2ccc(SC(F)F)cc2)cc1. The standard InChI is InChI=1S/C20H15F4S3/c21-19(22)25-14-6-10-17(11-7-14)27(16-4-2-1-3-5-16)18-12-8-15(9-13-18)26-20(23)24/h1-13,19-20H/q+1. The molecule has 0 nitrogen and oxygen atoms in total. The van der Waals surface area contributed by atoms with Crippen LogP contribution in [0.4, 0.5) is 17.6 Å². The van der Waals surface area contributed by atoms with E-state index in [0.717, 1.165) is 14.7 Å². The fourth-order valence-corrected chi connectivity index (χ4v) is 5.54.